The Morgan fingerprint density at radius 3 is 1.88 bits per heavy atom. The monoisotopic (exact) mass is 308 g/mol. The lowest BCUT2D eigenvalue weighted by molar-refractivity contribution is -0.118. The summed E-state index contributed by atoms with van der Waals surface area (Å²) in [5.41, 5.74) is 0. The first-order valence-electron chi connectivity index (χ1n) is 5.16. The third-order valence-electron chi connectivity index (χ3n) is 2.39. The standard InChI is InChI=1S/C10H12OS5/c1-3-5-7(11)6(4-2)14-9-8(13-5)15-10(12)16-9/h5-6H,3-4H2,1-2H3/t5-,6+. The molecule has 0 aliphatic carbocycles. The lowest BCUT2D eigenvalue weighted by Crippen LogP contribution is -2.25. The van der Waals surface area contributed by atoms with Gasteiger partial charge in [0.2, 0.25) is 0 Å². The Balaban J connectivity index is 2.38. The molecule has 0 saturated carbocycles. The number of thioether (sulfide) groups is 2. The molecule has 0 aromatic carbocycles. The van der Waals surface area contributed by atoms with Crippen LogP contribution in [-0.2, 0) is 4.79 Å². The molecule has 0 spiro atoms. The summed E-state index contributed by atoms with van der Waals surface area (Å²) in [4.78, 5) is 12.2. The van der Waals surface area contributed by atoms with Crippen molar-refractivity contribution in [3.8, 4) is 0 Å². The Morgan fingerprint density at radius 2 is 1.50 bits per heavy atom. The highest BCUT2D eigenvalue weighted by Crippen LogP contribution is 2.48. The lowest BCUT2D eigenvalue weighted by Gasteiger charge is -2.14. The van der Waals surface area contributed by atoms with Crippen LogP contribution in [0.25, 0.3) is 0 Å². The van der Waals surface area contributed by atoms with Gasteiger partial charge in [-0.15, -0.1) is 46.2 Å². The molecule has 1 nitrogen and oxygen atoms in total. The van der Waals surface area contributed by atoms with Gasteiger partial charge in [0.25, 0.3) is 0 Å². The lowest BCUT2D eigenvalue weighted by atomic mass is 10.1. The van der Waals surface area contributed by atoms with Crippen LogP contribution in [0.5, 0.6) is 0 Å². The summed E-state index contributed by atoms with van der Waals surface area (Å²) in [5, 5.41) is 0.248. The van der Waals surface area contributed by atoms with Crippen molar-refractivity contribution in [1.29, 1.82) is 0 Å². The van der Waals surface area contributed by atoms with E-state index in [1.54, 1.807) is 46.2 Å². The van der Waals surface area contributed by atoms with Gasteiger partial charge >= 0.3 is 0 Å². The number of hydrogen-bond donors (Lipinski definition) is 0. The van der Waals surface area contributed by atoms with Crippen LogP contribution in [0.1, 0.15) is 26.7 Å². The Labute approximate surface area is 117 Å². The second-order valence-electron chi connectivity index (χ2n) is 3.46. The predicted octanol–water partition coefficient (Wildman–Crippen LogP) is 4.86. The maximum atomic E-state index is 12.2. The van der Waals surface area contributed by atoms with Crippen LogP contribution >= 0.6 is 58.4 Å². The number of rotatable bonds is 2. The summed E-state index contributed by atoms with van der Waals surface area (Å²) in [6.45, 7) is 4.17. The molecule has 0 amide bonds. The zero-order chi connectivity index (χ0) is 11.7. The van der Waals surface area contributed by atoms with Gasteiger partial charge in [0, 0.05) is 0 Å². The Bertz CT molecular complexity index is 410. The van der Waals surface area contributed by atoms with Crippen molar-refractivity contribution >= 4 is 64.2 Å². The molecule has 1 aromatic heterocycles. The minimum Gasteiger partial charge on any atom is -0.297 e. The van der Waals surface area contributed by atoms with E-state index in [0.29, 0.717) is 5.78 Å². The van der Waals surface area contributed by atoms with Crippen molar-refractivity contribution in [3.05, 3.63) is 3.14 Å². The first-order chi connectivity index (χ1) is 7.65. The molecule has 6 heteroatoms. The van der Waals surface area contributed by atoms with E-state index in [4.69, 9.17) is 12.2 Å². The summed E-state index contributed by atoms with van der Waals surface area (Å²) < 4.78 is 3.50. The normalized spacial score (nSPS) is 25.2. The Hall–Kier alpha value is 0.640. The fourth-order valence-corrected chi connectivity index (χ4v) is 8.17. The van der Waals surface area contributed by atoms with Crippen LogP contribution in [-0.4, -0.2) is 16.3 Å². The van der Waals surface area contributed by atoms with Gasteiger partial charge in [-0.05, 0) is 12.8 Å². The first kappa shape index (κ1) is 13.1. The fraction of sp³-hybridized carbons (Fsp3) is 0.600. The second kappa shape index (κ2) is 5.52. The van der Waals surface area contributed by atoms with Gasteiger partial charge in [0.15, 0.2) is 5.78 Å². The zero-order valence-electron chi connectivity index (χ0n) is 9.02. The van der Waals surface area contributed by atoms with E-state index in [0.717, 1.165) is 16.0 Å². The molecule has 0 N–H and O–H groups in total. The topological polar surface area (TPSA) is 17.1 Å². The summed E-state index contributed by atoms with van der Waals surface area (Å²) in [5.74, 6) is 0.404. The molecule has 88 valence electrons. The molecule has 2 heterocycles. The van der Waals surface area contributed by atoms with E-state index in [-0.39, 0.29) is 10.5 Å². The molecule has 0 saturated heterocycles. The van der Waals surface area contributed by atoms with Gasteiger partial charge in [-0.1, -0.05) is 26.1 Å². The summed E-state index contributed by atoms with van der Waals surface area (Å²) in [7, 11) is 0. The van der Waals surface area contributed by atoms with E-state index in [2.05, 4.69) is 13.8 Å². The number of fused-ring (bicyclic) bond motifs is 1. The summed E-state index contributed by atoms with van der Waals surface area (Å²) >= 11 is 12.0. The maximum Gasteiger partial charge on any atom is 0.159 e. The van der Waals surface area contributed by atoms with Gasteiger partial charge in [-0.3, -0.25) is 4.79 Å². The average molecular weight is 309 g/mol. The molecule has 2 rings (SSSR count). The van der Waals surface area contributed by atoms with Gasteiger partial charge in [-0.25, -0.2) is 0 Å². The van der Waals surface area contributed by atoms with Crippen molar-refractivity contribution in [2.75, 3.05) is 0 Å². The molecule has 0 unspecified atom stereocenters. The van der Waals surface area contributed by atoms with E-state index in [1.807, 2.05) is 0 Å². The molecule has 0 fully saturated rings. The third-order valence-corrected chi connectivity index (χ3v) is 8.64. The van der Waals surface area contributed by atoms with Gasteiger partial charge in [0.1, 0.15) is 3.14 Å². The molecular weight excluding hydrogens is 296 g/mol. The molecule has 0 bridgehead atoms. The minimum absolute atomic E-state index is 0.124. The van der Waals surface area contributed by atoms with Crippen molar-refractivity contribution in [2.45, 2.75) is 45.6 Å². The van der Waals surface area contributed by atoms with Crippen molar-refractivity contribution in [3.63, 3.8) is 0 Å². The van der Waals surface area contributed by atoms with Gasteiger partial charge in [0.05, 0.1) is 18.9 Å². The highest BCUT2D eigenvalue weighted by atomic mass is 32.2. The number of carbonyl (C=O) groups is 1. The van der Waals surface area contributed by atoms with E-state index >= 15 is 0 Å². The highest BCUT2D eigenvalue weighted by molar-refractivity contribution is 8.07. The molecule has 1 aliphatic rings. The van der Waals surface area contributed by atoms with E-state index in [1.165, 1.54) is 8.42 Å². The third kappa shape index (κ3) is 2.56. The average Bonchev–Trinajstić information content (AvgIpc) is 2.56. The molecule has 1 aliphatic heterocycles. The molecule has 0 radical (unpaired) electrons. The molecule has 16 heavy (non-hydrogen) atoms. The number of carbonyl (C=O) groups excluding carboxylic acids is 1. The Kier molecular flexibility index (Phi) is 4.51. The minimum atomic E-state index is 0.124. The Morgan fingerprint density at radius 1 is 1.06 bits per heavy atom. The van der Waals surface area contributed by atoms with E-state index < -0.39 is 0 Å². The molecular formula is C10H12OS5. The summed E-state index contributed by atoms with van der Waals surface area (Å²) in [6.07, 6.45) is 1.82. The zero-order valence-corrected chi connectivity index (χ0v) is 13.1. The highest BCUT2D eigenvalue weighted by Gasteiger charge is 2.32. The smallest absolute Gasteiger partial charge is 0.159 e. The van der Waals surface area contributed by atoms with Gasteiger partial charge in [-0.2, -0.15) is 0 Å². The molecule has 1 aromatic rings. The summed E-state index contributed by atoms with van der Waals surface area (Å²) in [6, 6.07) is 0. The van der Waals surface area contributed by atoms with Crippen LogP contribution in [0.3, 0.4) is 0 Å². The van der Waals surface area contributed by atoms with Crippen molar-refractivity contribution < 1.29 is 4.79 Å². The van der Waals surface area contributed by atoms with E-state index in [9.17, 15) is 4.79 Å². The molecule has 2 atom stereocenters. The van der Waals surface area contributed by atoms with Crippen LogP contribution in [0.2, 0.25) is 0 Å². The fourth-order valence-electron chi connectivity index (χ4n) is 1.55. The largest absolute Gasteiger partial charge is 0.297 e. The predicted molar refractivity (Wildman–Crippen MR) is 77.9 cm³/mol. The number of Topliss-reactive ketones (excluding diaryl/α,β-unsaturated/α-hetero) is 1. The van der Waals surface area contributed by atoms with Crippen molar-refractivity contribution in [1.82, 2.24) is 0 Å². The van der Waals surface area contributed by atoms with Crippen LogP contribution in [0, 0.1) is 3.14 Å². The van der Waals surface area contributed by atoms with Crippen LogP contribution < -0.4 is 0 Å². The number of ketones is 1. The van der Waals surface area contributed by atoms with Crippen LogP contribution in [0.15, 0.2) is 8.42 Å². The van der Waals surface area contributed by atoms with Crippen LogP contribution in [0.4, 0.5) is 0 Å². The second-order valence-corrected chi connectivity index (χ2v) is 9.63. The quantitative estimate of drug-likeness (QED) is 0.725. The van der Waals surface area contributed by atoms with Crippen molar-refractivity contribution in [2.24, 2.45) is 0 Å². The number of hydrogen-bond acceptors (Lipinski definition) is 6. The SMILES string of the molecule is CC[C@@H]1Sc2sc(=S)sc2S[C@H](CC)C1=O. The maximum absolute atomic E-state index is 12.2. The van der Waals surface area contributed by atoms with Gasteiger partial charge < -0.3 is 0 Å². The first-order valence-corrected chi connectivity index (χ1v) is 8.96.